The topological polar surface area (TPSA) is 26.0 Å². The van der Waals surface area contributed by atoms with Crippen LogP contribution in [0.15, 0.2) is 28.7 Å². The van der Waals surface area contributed by atoms with E-state index in [0.717, 1.165) is 4.47 Å². The van der Waals surface area contributed by atoms with Gasteiger partial charge in [0.15, 0.2) is 0 Å². The van der Waals surface area contributed by atoms with E-state index in [0.29, 0.717) is 5.92 Å². The van der Waals surface area contributed by atoms with E-state index >= 15 is 0 Å². The maximum Gasteiger partial charge on any atom is 0.0323 e. The molecular weight excluding hydrogens is 273 g/mol. The van der Waals surface area contributed by atoms with Gasteiger partial charge in [0.2, 0.25) is 0 Å². The fourth-order valence-electron chi connectivity index (χ4n) is 2.30. The third-order valence-electron chi connectivity index (χ3n) is 3.14. The van der Waals surface area contributed by atoms with Crippen molar-refractivity contribution in [1.82, 2.24) is 0 Å². The molecule has 2 N–H and O–H groups in total. The van der Waals surface area contributed by atoms with Crippen LogP contribution in [-0.4, -0.2) is 0 Å². The second-order valence-corrected chi connectivity index (χ2v) is 5.04. The van der Waals surface area contributed by atoms with Gasteiger partial charge in [-0.1, -0.05) is 40.9 Å². The summed E-state index contributed by atoms with van der Waals surface area (Å²) < 4.78 is 1.13. The van der Waals surface area contributed by atoms with E-state index in [4.69, 9.17) is 5.73 Å². The van der Waals surface area contributed by atoms with Crippen LogP contribution in [0, 0.1) is 5.92 Å². The molecule has 84 valence electrons. The third-order valence-corrected chi connectivity index (χ3v) is 3.63. The van der Waals surface area contributed by atoms with E-state index in [2.05, 4.69) is 34.1 Å². The van der Waals surface area contributed by atoms with Gasteiger partial charge in [-0.25, -0.2) is 0 Å². The molecule has 3 heteroatoms. The summed E-state index contributed by atoms with van der Waals surface area (Å²) in [6.45, 7) is 0. The maximum atomic E-state index is 6.25. The van der Waals surface area contributed by atoms with Crippen molar-refractivity contribution in [2.45, 2.75) is 31.7 Å². The van der Waals surface area contributed by atoms with Crippen molar-refractivity contribution in [3.63, 3.8) is 0 Å². The Morgan fingerprint density at radius 3 is 2.53 bits per heavy atom. The van der Waals surface area contributed by atoms with Crippen LogP contribution in [0.2, 0.25) is 0 Å². The van der Waals surface area contributed by atoms with Crippen molar-refractivity contribution in [1.29, 1.82) is 0 Å². The molecule has 1 aromatic carbocycles. The maximum absolute atomic E-state index is 6.25. The van der Waals surface area contributed by atoms with Gasteiger partial charge >= 0.3 is 0 Å². The van der Waals surface area contributed by atoms with Crippen LogP contribution >= 0.6 is 28.3 Å². The van der Waals surface area contributed by atoms with E-state index in [-0.39, 0.29) is 18.4 Å². The zero-order valence-corrected chi connectivity index (χ0v) is 11.1. The number of halogens is 2. The minimum Gasteiger partial charge on any atom is -0.324 e. The Balaban J connectivity index is 0.00000112. The minimum atomic E-state index is 0. The molecule has 1 saturated carbocycles. The van der Waals surface area contributed by atoms with Crippen LogP contribution in [-0.2, 0) is 0 Å². The van der Waals surface area contributed by atoms with Gasteiger partial charge in [0.1, 0.15) is 0 Å². The Morgan fingerprint density at radius 2 is 1.93 bits per heavy atom. The first-order valence-corrected chi connectivity index (χ1v) is 6.08. The Morgan fingerprint density at radius 1 is 1.27 bits per heavy atom. The number of rotatable bonds is 2. The lowest BCUT2D eigenvalue weighted by atomic mass is 9.93. The van der Waals surface area contributed by atoms with Gasteiger partial charge in [0.25, 0.3) is 0 Å². The van der Waals surface area contributed by atoms with Crippen molar-refractivity contribution in [2.75, 3.05) is 0 Å². The molecule has 0 bridgehead atoms. The molecule has 15 heavy (non-hydrogen) atoms. The molecule has 0 radical (unpaired) electrons. The molecule has 0 unspecified atom stereocenters. The molecule has 1 nitrogen and oxygen atoms in total. The lowest BCUT2D eigenvalue weighted by molar-refractivity contribution is 0.445. The van der Waals surface area contributed by atoms with E-state index in [1.54, 1.807) is 0 Å². The highest BCUT2D eigenvalue weighted by molar-refractivity contribution is 9.10. The molecule has 0 heterocycles. The Kier molecular flexibility index (Phi) is 5.10. The number of hydrogen-bond donors (Lipinski definition) is 1. The van der Waals surface area contributed by atoms with Gasteiger partial charge in [0.05, 0.1) is 0 Å². The van der Waals surface area contributed by atoms with Crippen molar-refractivity contribution in [2.24, 2.45) is 11.7 Å². The average Bonchev–Trinajstić information content (AvgIpc) is 2.69. The first-order chi connectivity index (χ1) is 6.77. The van der Waals surface area contributed by atoms with Crippen LogP contribution < -0.4 is 5.73 Å². The van der Waals surface area contributed by atoms with Gasteiger partial charge in [-0.2, -0.15) is 0 Å². The van der Waals surface area contributed by atoms with Gasteiger partial charge in [-0.15, -0.1) is 12.4 Å². The molecule has 1 aromatic rings. The van der Waals surface area contributed by atoms with Gasteiger partial charge in [0, 0.05) is 10.5 Å². The molecule has 1 atom stereocenters. The van der Waals surface area contributed by atoms with E-state index in [1.165, 1.54) is 31.2 Å². The SMILES string of the molecule is Cl.N[C@@H](c1cccc(Br)c1)C1CCCC1. The van der Waals surface area contributed by atoms with Crippen LogP contribution in [0.3, 0.4) is 0 Å². The summed E-state index contributed by atoms with van der Waals surface area (Å²) in [7, 11) is 0. The molecule has 1 aliphatic rings. The summed E-state index contributed by atoms with van der Waals surface area (Å²) in [5.41, 5.74) is 7.52. The molecule has 0 amide bonds. The fourth-order valence-corrected chi connectivity index (χ4v) is 2.72. The smallest absolute Gasteiger partial charge is 0.0323 e. The summed E-state index contributed by atoms with van der Waals surface area (Å²) in [5, 5.41) is 0. The van der Waals surface area contributed by atoms with Crippen LogP contribution in [0.1, 0.15) is 37.3 Å². The highest BCUT2D eigenvalue weighted by Gasteiger charge is 2.22. The van der Waals surface area contributed by atoms with Crippen molar-refractivity contribution in [3.05, 3.63) is 34.3 Å². The first-order valence-electron chi connectivity index (χ1n) is 5.28. The van der Waals surface area contributed by atoms with Gasteiger partial charge < -0.3 is 5.73 Å². The predicted molar refractivity (Wildman–Crippen MR) is 70.3 cm³/mol. The number of benzene rings is 1. The lowest BCUT2D eigenvalue weighted by Crippen LogP contribution is -2.18. The standard InChI is InChI=1S/C12H16BrN.ClH/c13-11-7-3-6-10(8-11)12(14)9-4-1-2-5-9;/h3,6-9,12H,1-2,4-5,14H2;1H/t12-;/m1./s1. The van der Waals surface area contributed by atoms with Crippen molar-refractivity contribution < 1.29 is 0 Å². The minimum absolute atomic E-state index is 0. The Hall–Kier alpha value is -0.0500. The van der Waals surface area contributed by atoms with Crippen LogP contribution in [0.4, 0.5) is 0 Å². The summed E-state index contributed by atoms with van der Waals surface area (Å²) in [6, 6.07) is 8.62. The Bertz CT molecular complexity index is 310. The second-order valence-electron chi connectivity index (χ2n) is 4.13. The average molecular weight is 291 g/mol. The predicted octanol–water partition coefficient (Wildman–Crippen LogP) is 4.06. The lowest BCUT2D eigenvalue weighted by Gasteiger charge is -2.19. The summed E-state index contributed by atoms with van der Waals surface area (Å²) in [4.78, 5) is 0. The normalized spacial score (nSPS) is 18.5. The van der Waals surface area contributed by atoms with Gasteiger partial charge in [-0.3, -0.25) is 0 Å². The van der Waals surface area contributed by atoms with E-state index in [1.807, 2.05) is 6.07 Å². The third kappa shape index (κ3) is 3.20. The van der Waals surface area contributed by atoms with Crippen molar-refractivity contribution >= 4 is 28.3 Å². The molecule has 1 fully saturated rings. The zero-order chi connectivity index (χ0) is 9.97. The van der Waals surface area contributed by atoms with Crippen LogP contribution in [0.5, 0.6) is 0 Å². The Labute approximate surface area is 106 Å². The summed E-state index contributed by atoms with van der Waals surface area (Å²) >= 11 is 3.48. The van der Waals surface area contributed by atoms with Crippen LogP contribution in [0.25, 0.3) is 0 Å². The molecule has 0 aromatic heterocycles. The van der Waals surface area contributed by atoms with E-state index < -0.39 is 0 Å². The van der Waals surface area contributed by atoms with E-state index in [9.17, 15) is 0 Å². The van der Waals surface area contributed by atoms with Crippen molar-refractivity contribution in [3.8, 4) is 0 Å². The highest BCUT2D eigenvalue weighted by atomic mass is 79.9. The number of hydrogen-bond acceptors (Lipinski definition) is 1. The van der Waals surface area contributed by atoms with Gasteiger partial charge in [-0.05, 0) is 36.5 Å². The second kappa shape index (κ2) is 5.88. The molecule has 0 saturated heterocycles. The molecule has 2 rings (SSSR count). The largest absolute Gasteiger partial charge is 0.324 e. The molecular formula is C12H17BrClN. The first kappa shape index (κ1) is 13.0. The highest BCUT2D eigenvalue weighted by Crippen LogP contribution is 2.34. The summed E-state index contributed by atoms with van der Waals surface area (Å²) in [6.07, 6.45) is 5.31. The number of nitrogens with two attached hydrogens (primary N) is 1. The quantitative estimate of drug-likeness (QED) is 0.873. The molecule has 0 aliphatic heterocycles. The zero-order valence-electron chi connectivity index (χ0n) is 8.66. The molecule has 1 aliphatic carbocycles. The fraction of sp³-hybridized carbons (Fsp3) is 0.500. The summed E-state index contributed by atoms with van der Waals surface area (Å²) in [5.74, 6) is 0.698. The monoisotopic (exact) mass is 289 g/mol. The molecule has 0 spiro atoms.